The summed E-state index contributed by atoms with van der Waals surface area (Å²) in [5.41, 5.74) is -2.84. The molecule has 0 aliphatic rings. The van der Waals surface area contributed by atoms with E-state index in [9.17, 15) is 18.0 Å². The van der Waals surface area contributed by atoms with Crippen LogP contribution in [0.1, 0.15) is 12.0 Å². The van der Waals surface area contributed by atoms with E-state index < -0.39 is 23.4 Å². The number of hydrogen-bond donors (Lipinski definition) is 0. The van der Waals surface area contributed by atoms with E-state index in [4.69, 9.17) is 11.6 Å². The number of hydrogen-bond acceptors (Lipinski definition) is 2. The summed E-state index contributed by atoms with van der Waals surface area (Å²) in [4.78, 5) is 10.8. The standard InChI is InChI=1S/C11H10ClF3O2/c1-17-10(7-9(12)16,11(13,14)15)8-5-3-2-4-6-8/h2-6H,7H2,1H3. The van der Waals surface area contributed by atoms with Crippen molar-refractivity contribution in [3.8, 4) is 0 Å². The first-order valence-electron chi connectivity index (χ1n) is 4.69. The number of benzene rings is 1. The molecule has 17 heavy (non-hydrogen) atoms. The van der Waals surface area contributed by atoms with Gasteiger partial charge in [-0.2, -0.15) is 13.2 Å². The van der Waals surface area contributed by atoms with Crippen LogP contribution < -0.4 is 0 Å². The predicted molar refractivity (Wildman–Crippen MR) is 56.7 cm³/mol. The molecule has 0 heterocycles. The van der Waals surface area contributed by atoms with Crippen molar-refractivity contribution >= 4 is 16.8 Å². The van der Waals surface area contributed by atoms with Crippen LogP contribution in [0.15, 0.2) is 30.3 Å². The summed E-state index contributed by atoms with van der Waals surface area (Å²) >= 11 is 5.08. The first kappa shape index (κ1) is 14.0. The third-order valence-electron chi connectivity index (χ3n) is 2.43. The van der Waals surface area contributed by atoms with Crippen molar-refractivity contribution in [2.45, 2.75) is 18.2 Å². The van der Waals surface area contributed by atoms with Gasteiger partial charge in [0.05, 0.1) is 6.42 Å². The van der Waals surface area contributed by atoms with Crippen LogP contribution in [0.3, 0.4) is 0 Å². The van der Waals surface area contributed by atoms with Crippen molar-refractivity contribution in [2.24, 2.45) is 0 Å². The summed E-state index contributed by atoms with van der Waals surface area (Å²) in [7, 11) is 0.903. The van der Waals surface area contributed by atoms with Gasteiger partial charge in [-0.15, -0.1) is 0 Å². The van der Waals surface area contributed by atoms with E-state index in [0.717, 1.165) is 7.11 Å². The van der Waals surface area contributed by atoms with Crippen LogP contribution in [0.25, 0.3) is 0 Å². The SMILES string of the molecule is COC(CC(=O)Cl)(c1ccccc1)C(F)(F)F. The summed E-state index contributed by atoms with van der Waals surface area (Å²) in [5, 5.41) is -1.10. The van der Waals surface area contributed by atoms with Crippen molar-refractivity contribution in [1.29, 1.82) is 0 Å². The van der Waals surface area contributed by atoms with Gasteiger partial charge in [-0.1, -0.05) is 30.3 Å². The van der Waals surface area contributed by atoms with Crippen molar-refractivity contribution in [1.82, 2.24) is 0 Å². The van der Waals surface area contributed by atoms with Gasteiger partial charge in [-0.3, -0.25) is 4.79 Å². The average molecular weight is 267 g/mol. The van der Waals surface area contributed by atoms with E-state index in [1.807, 2.05) is 0 Å². The van der Waals surface area contributed by atoms with Crippen LogP contribution in [0.2, 0.25) is 0 Å². The lowest BCUT2D eigenvalue weighted by atomic mass is 9.90. The zero-order valence-corrected chi connectivity index (χ0v) is 9.68. The summed E-state index contributed by atoms with van der Waals surface area (Å²) in [6, 6.07) is 6.94. The molecule has 1 unspecified atom stereocenters. The van der Waals surface area contributed by atoms with Crippen LogP contribution in [0.4, 0.5) is 13.2 Å². The summed E-state index contributed by atoms with van der Waals surface area (Å²) in [6.07, 6.45) is -5.69. The highest BCUT2D eigenvalue weighted by atomic mass is 35.5. The average Bonchev–Trinajstić information content (AvgIpc) is 2.25. The van der Waals surface area contributed by atoms with E-state index in [1.54, 1.807) is 6.07 Å². The molecule has 0 radical (unpaired) electrons. The maximum atomic E-state index is 13.1. The molecule has 0 aliphatic heterocycles. The Labute approximate surface area is 101 Å². The van der Waals surface area contributed by atoms with Gasteiger partial charge in [-0.05, 0) is 17.2 Å². The minimum absolute atomic E-state index is 0.149. The van der Waals surface area contributed by atoms with Crippen molar-refractivity contribution < 1.29 is 22.7 Å². The molecule has 2 nitrogen and oxygen atoms in total. The van der Waals surface area contributed by atoms with Gasteiger partial charge in [0.2, 0.25) is 5.24 Å². The van der Waals surface area contributed by atoms with Crippen LogP contribution in [-0.4, -0.2) is 18.5 Å². The Morgan fingerprint density at radius 1 is 1.29 bits per heavy atom. The van der Waals surface area contributed by atoms with Crippen molar-refractivity contribution in [3.05, 3.63) is 35.9 Å². The Balaban J connectivity index is 3.31. The molecule has 94 valence electrons. The zero-order chi connectivity index (χ0) is 13.1. The molecule has 1 rings (SSSR count). The lowest BCUT2D eigenvalue weighted by molar-refractivity contribution is -0.276. The first-order valence-corrected chi connectivity index (χ1v) is 5.07. The van der Waals surface area contributed by atoms with Crippen LogP contribution in [0.5, 0.6) is 0 Å². The minimum Gasteiger partial charge on any atom is -0.364 e. The predicted octanol–water partition coefficient (Wildman–Crippen LogP) is 3.25. The van der Waals surface area contributed by atoms with E-state index in [1.165, 1.54) is 24.3 Å². The van der Waals surface area contributed by atoms with Gasteiger partial charge in [0.15, 0.2) is 5.60 Å². The van der Waals surface area contributed by atoms with Crippen LogP contribution >= 0.6 is 11.6 Å². The maximum Gasteiger partial charge on any atom is 0.422 e. The number of carbonyl (C=O) groups excluding carboxylic acids is 1. The fourth-order valence-electron chi connectivity index (χ4n) is 1.57. The van der Waals surface area contributed by atoms with Crippen LogP contribution in [-0.2, 0) is 15.1 Å². The molecule has 1 atom stereocenters. The Morgan fingerprint density at radius 2 is 1.82 bits per heavy atom. The molecular formula is C11H10ClF3O2. The molecule has 0 fully saturated rings. The lowest BCUT2D eigenvalue weighted by Gasteiger charge is -2.33. The number of methoxy groups -OCH3 is 1. The van der Waals surface area contributed by atoms with Crippen molar-refractivity contribution in [2.75, 3.05) is 7.11 Å². The Kier molecular flexibility index (Phi) is 4.16. The monoisotopic (exact) mass is 266 g/mol. The van der Waals surface area contributed by atoms with E-state index in [0.29, 0.717) is 0 Å². The Morgan fingerprint density at radius 3 is 2.18 bits per heavy atom. The third-order valence-corrected chi connectivity index (χ3v) is 2.57. The molecule has 0 saturated heterocycles. The van der Waals surface area contributed by atoms with Crippen LogP contribution in [0, 0.1) is 0 Å². The Bertz CT molecular complexity index is 391. The molecule has 1 aromatic rings. The molecule has 1 aromatic carbocycles. The number of carbonyl (C=O) groups is 1. The van der Waals surface area contributed by atoms with E-state index >= 15 is 0 Å². The molecule has 6 heteroatoms. The fraction of sp³-hybridized carbons (Fsp3) is 0.364. The second-order valence-electron chi connectivity index (χ2n) is 3.43. The van der Waals surface area contributed by atoms with Gasteiger partial charge in [0.25, 0.3) is 0 Å². The first-order chi connectivity index (χ1) is 7.83. The van der Waals surface area contributed by atoms with Gasteiger partial charge in [0, 0.05) is 7.11 Å². The third kappa shape index (κ3) is 2.79. The fourth-order valence-corrected chi connectivity index (χ4v) is 1.76. The van der Waals surface area contributed by atoms with E-state index in [2.05, 4.69) is 4.74 Å². The molecule has 0 aliphatic carbocycles. The number of ether oxygens (including phenoxy) is 1. The molecule has 0 aromatic heterocycles. The molecule has 0 N–H and O–H groups in total. The maximum absolute atomic E-state index is 13.1. The molecule has 0 saturated carbocycles. The molecule has 0 spiro atoms. The molecular weight excluding hydrogens is 257 g/mol. The minimum atomic E-state index is -4.73. The highest BCUT2D eigenvalue weighted by Crippen LogP contribution is 2.44. The number of alkyl halides is 3. The largest absolute Gasteiger partial charge is 0.422 e. The highest BCUT2D eigenvalue weighted by molar-refractivity contribution is 6.63. The van der Waals surface area contributed by atoms with Gasteiger partial charge < -0.3 is 4.74 Å². The normalized spacial score (nSPS) is 15.4. The number of halogens is 4. The van der Waals surface area contributed by atoms with Gasteiger partial charge in [0.1, 0.15) is 0 Å². The summed E-state index contributed by atoms with van der Waals surface area (Å²) in [6.45, 7) is 0. The summed E-state index contributed by atoms with van der Waals surface area (Å²) in [5.74, 6) is 0. The summed E-state index contributed by atoms with van der Waals surface area (Å²) < 4.78 is 43.8. The van der Waals surface area contributed by atoms with Gasteiger partial charge >= 0.3 is 6.18 Å². The zero-order valence-electron chi connectivity index (χ0n) is 8.92. The van der Waals surface area contributed by atoms with Gasteiger partial charge in [-0.25, -0.2) is 0 Å². The topological polar surface area (TPSA) is 26.3 Å². The number of rotatable bonds is 4. The van der Waals surface area contributed by atoms with Crippen molar-refractivity contribution in [3.63, 3.8) is 0 Å². The van der Waals surface area contributed by atoms with E-state index in [-0.39, 0.29) is 5.56 Å². The molecule has 0 bridgehead atoms. The quantitative estimate of drug-likeness (QED) is 0.782. The Hall–Kier alpha value is -1.07. The lowest BCUT2D eigenvalue weighted by Crippen LogP contribution is -2.45. The second-order valence-corrected chi connectivity index (χ2v) is 3.85. The second kappa shape index (κ2) is 5.06. The smallest absolute Gasteiger partial charge is 0.364 e. The molecule has 0 amide bonds. The highest BCUT2D eigenvalue weighted by Gasteiger charge is 2.57.